The number of nitrogens with zero attached hydrogens (tertiary/aromatic N) is 2. The third-order valence-electron chi connectivity index (χ3n) is 2.96. The molecular weight excluding hydrogens is 224 g/mol. The number of carbonyl (C=O) groups excluding carboxylic acids is 1. The van der Waals surface area contributed by atoms with Gasteiger partial charge in [0.2, 0.25) is 0 Å². The lowest BCUT2D eigenvalue weighted by Crippen LogP contribution is -2.35. The molecule has 2 aliphatic rings. The SMILES string of the molecule is COCCN1CCN(CCOCC2CO2)C1=O. The smallest absolute Gasteiger partial charge is 0.320 e. The highest BCUT2D eigenvalue weighted by Gasteiger charge is 2.28. The second-order valence-corrected chi connectivity index (χ2v) is 4.28. The Morgan fingerprint density at radius 3 is 2.53 bits per heavy atom. The van der Waals surface area contributed by atoms with E-state index in [1.165, 1.54) is 0 Å². The standard InChI is InChI=1S/C11H20N2O4/c1-15-6-4-12-2-3-13(11(12)14)5-7-16-8-10-9-17-10/h10H,2-9H2,1H3. The number of methoxy groups -OCH3 is 1. The zero-order valence-electron chi connectivity index (χ0n) is 10.3. The topological polar surface area (TPSA) is 54.5 Å². The summed E-state index contributed by atoms with van der Waals surface area (Å²) >= 11 is 0. The van der Waals surface area contributed by atoms with E-state index >= 15 is 0 Å². The molecule has 0 radical (unpaired) electrons. The first-order valence-electron chi connectivity index (χ1n) is 6.03. The van der Waals surface area contributed by atoms with Crippen LogP contribution >= 0.6 is 0 Å². The van der Waals surface area contributed by atoms with Crippen molar-refractivity contribution in [1.82, 2.24) is 9.80 Å². The number of rotatable bonds is 8. The highest BCUT2D eigenvalue weighted by atomic mass is 16.6. The number of hydrogen-bond donors (Lipinski definition) is 0. The summed E-state index contributed by atoms with van der Waals surface area (Å²) < 4.78 is 15.4. The lowest BCUT2D eigenvalue weighted by molar-refractivity contribution is 0.0995. The molecule has 0 aliphatic carbocycles. The first-order chi connectivity index (χ1) is 8.31. The van der Waals surface area contributed by atoms with Crippen molar-refractivity contribution in [1.29, 1.82) is 0 Å². The van der Waals surface area contributed by atoms with Crippen molar-refractivity contribution in [2.75, 3.05) is 59.7 Å². The summed E-state index contributed by atoms with van der Waals surface area (Å²) in [7, 11) is 1.64. The van der Waals surface area contributed by atoms with E-state index < -0.39 is 0 Å². The second kappa shape index (κ2) is 6.18. The van der Waals surface area contributed by atoms with Crippen LogP contribution < -0.4 is 0 Å². The molecule has 0 N–H and O–H groups in total. The Balaban J connectivity index is 1.58. The summed E-state index contributed by atoms with van der Waals surface area (Å²) in [4.78, 5) is 15.5. The average molecular weight is 244 g/mol. The molecule has 2 amide bonds. The summed E-state index contributed by atoms with van der Waals surface area (Å²) in [6.07, 6.45) is 0.294. The van der Waals surface area contributed by atoms with Crippen molar-refractivity contribution < 1.29 is 19.0 Å². The van der Waals surface area contributed by atoms with Gasteiger partial charge in [-0.25, -0.2) is 4.79 Å². The normalized spacial score (nSPS) is 23.6. The number of ether oxygens (including phenoxy) is 3. The van der Waals surface area contributed by atoms with E-state index in [0.717, 1.165) is 19.7 Å². The number of carbonyl (C=O) groups is 1. The molecule has 2 rings (SSSR count). The van der Waals surface area contributed by atoms with Gasteiger partial charge < -0.3 is 24.0 Å². The van der Waals surface area contributed by atoms with Gasteiger partial charge in [-0.15, -0.1) is 0 Å². The summed E-state index contributed by atoms with van der Waals surface area (Å²) in [6, 6.07) is 0.0910. The fourth-order valence-corrected chi connectivity index (χ4v) is 1.80. The summed E-state index contributed by atoms with van der Waals surface area (Å²) in [5.41, 5.74) is 0. The van der Waals surface area contributed by atoms with Crippen molar-refractivity contribution >= 4 is 6.03 Å². The minimum atomic E-state index is 0.0910. The zero-order valence-corrected chi connectivity index (χ0v) is 10.3. The van der Waals surface area contributed by atoms with Crippen molar-refractivity contribution in [2.24, 2.45) is 0 Å². The highest BCUT2D eigenvalue weighted by Crippen LogP contribution is 2.10. The minimum absolute atomic E-state index is 0.0910. The molecule has 2 saturated heterocycles. The van der Waals surface area contributed by atoms with Crippen molar-refractivity contribution in [3.63, 3.8) is 0 Å². The number of amides is 2. The van der Waals surface area contributed by atoms with Crippen LogP contribution in [0, 0.1) is 0 Å². The fourth-order valence-electron chi connectivity index (χ4n) is 1.80. The van der Waals surface area contributed by atoms with Gasteiger partial charge in [-0.1, -0.05) is 0 Å². The maximum absolute atomic E-state index is 11.9. The number of urea groups is 1. The van der Waals surface area contributed by atoms with Gasteiger partial charge in [-0.3, -0.25) is 0 Å². The van der Waals surface area contributed by atoms with E-state index in [1.54, 1.807) is 7.11 Å². The Kier molecular flexibility index (Phi) is 4.58. The number of epoxide rings is 1. The van der Waals surface area contributed by atoms with E-state index in [9.17, 15) is 4.79 Å². The third kappa shape index (κ3) is 3.83. The summed E-state index contributed by atoms with van der Waals surface area (Å²) in [6.45, 7) is 5.54. The molecule has 2 fully saturated rings. The van der Waals surface area contributed by atoms with Gasteiger partial charge in [-0.05, 0) is 0 Å². The van der Waals surface area contributed by atoms with Crippen LogP contribution in [0.1, 0.15) is 0 Å². The summed E-state index contributed by atoms with van der Waals surface area (Å²) in [5, 5.41) is 0. The van der Waals surface area contributed by atoms with Crippen LogP contribution in [-0.2, 0) is 14.2 Å². The molecule has 2 heterocycles. The van der Waals surface area contributed by atoms with Crippen LogP contribution in [0.5, 0.6) is 0 Å². The molecule has 0 saturated carbocycles. The molecule has 1 unspecified atom stereocenters. The second-order valence-electron chi connectivity index (χ2n) is 4.28. The van der Waals surface area contributed by atoms with Gasteiger partial charge in [0.05, 0.1) is 26.4 Å². The van der Waals surface area contributed by atoms with Crippen LogP contribution in [0.15, 0.2) is 0 Å². The highest BCUT2D eigenvalue weighted by molar-refractivity contribution is 5.76. The Morgan fingerprint density at radius 2 is 1.94 bits per heavy atom. The van der Waals surface area contributed by atoms with Gasteiger partial charge in [0.1, 0.15) is 6.10 Å². The lowest BCUT2D eigenvalue weighted by atomic mass is 10.5. The molecule has 0 aromatic carbocycles. The monoisotopic (exact) mass is 244 g/mol. The maximum Gasteiger partial charge on any atom is 0.320 e. The van der Waals surface area contributed by atoms with Gasteiger partial charge in [0.15, 0.2) is 0 Å². The maximum atomic E-state index is 11.9. The zero-order chi connectivity index (χ0) is 12.1. The average Bonchev–Trinajstić information content (AvgIpc) is 3.09. The first-order valence-corrected chi connectivity index (χ1v) is 6.03. The van der Waals surface area contributed by atoms with Crippen LogP contribution in [0.4, 0.5) is 4.79 Å². The lowest BCUT2D eigenvalue weighted by Gasteiger charge is -2.18. The molecule has 1 atom stereocenters. The van der Waals surface area contributed by atoms with Gasteiger partial charge >= 0.3 is 6.03 Å². The van der Waals surface area contributed by atoms with Crippen LogP contribution in [0.2, 0.25) is 0 Å². The quantitative estimate of drug-likeness (QED) is 0.438. The predicted molar refractivity (Wildman–Crippen MR) is 61.0 cm³/mol. The molecule has 0 spiro atoms. The third-order valence-corrected chi connectivity index (χ3v) is 2.96. The number of hydrogen-bond acceptors (Lipinski definition) is 4. The molecule has 0 aromatic heterocycles. The Morgan fingerprint density at radius 1 is 1.29 bits per heavy atom. The molecule has 2 aliphatic heterocycles. The van der Waals surface area contributed by atoms with Crippen molar-refractivity contribution in [3.8, 4) is 0 Å². The van der Waals surface area contributed by atoms with Crippen molar-refractivity contribution in [2.45, 2.75) is 6.10 Å². The largest absolute Gasteiger partial charge is 0.383 e. The molecule has 6 nitrogen and oxygen atoms in total. The van der Waals surface area contributed by atoms with Crippen LogP contribution in [0.25, 0.3) is 0 Å². The van der Waals surface area contributed by atoms with E-state index in [-0.39, 0.29) is 6.03 Å². The van der Waals surface area contributed by atoms with Crippen LogP contribution in [0.3, 0.4) is 0 Å². The van der Waals surface area contributed by atoms with Gasteiger partial charge in [0.25, 0.3) is 0 Å². The summed E-state index contributed by atoms with van der Waals surface area (Å²) in [5.74, 6) is 0. The Bertz CT molecular complexity index is 258. The van der Waals surface area contributed by atoms with Gasteiger partial charge in [-0.2, -0.15) is 0 Å². The molecule has 0 bridgehead atoms. The van der Waals surface area contributed by atoms with E-state index in [0.29, 0.717) is 39.0 Å². The van der Waals surface area contributed by atoms with Crippen LogP contribution in [-0.4, -0.2) is 81.7 Å². The van der Waals surface area contributed by atoms with E-state index in [4.69, 9.17) is 14.2 Å². The molecule has 0 aromatic rings. The fraction of sp³-hybridized carbons (Fsp3) is 0.909. The van der Waals surface area contributed by atoms with E-state index in [2.05, 4.69) is 0 Å². The van der Waals surface area contributed by atoms with Crippen molar-refractivity contribution in [3.05, 3.63) is 0 Å². The first kappa shape index (κ1) is 12.6. The Hall–Kier alpha value is -0.850. The van der Waals surface area contributed by atoms with E-state index in [1.807, 2.05) is 9.80 Å². The molecule has 17 heavy (non-hydrogen) atoms. The Labute approximate surface area is 101 Å². The predicted octanol–water partition coefficient (Wildman–Crippen LogP) is -0.214. The van der Waals surface area contributed by atoms with Gasteiger partial charge in [0, 0.05) is 33.3 Å². The molecular formula is C11H20N2O4. The molecule has 6 heteroatoms. The molecule has 98 valence electrons. The minimum Gasteiger partial charge on any atom is -0.383 e.